The summed E-state index contributed by atoms with van der Waals surface area (Å²) in [7, 11) is 3.27. The van der Waals surface area contributed by atoms with Crippen LogP contribution in [0.5, 0.6) is 5.75 Å². The predicted molar refractivity (Wildman–Crippen MR) is 97.4 cm³/mol. The summed E-state index contributed by atoms with van der Waals surface area (Å²) in [6.45, 7) is 1.72. The van der Waals surface area contributed by atoms with E-state index >= 15 is 0 Å². The fraction of sp³-hybridized carbons (Fsp3) is 0.158. The Kier molecular flexibility index (Phi) is 4.76. The molecule has 128 valence electrons. The molecule has 0 unspecified atom stereocenters. The maximum Gasteiger partial charge on any atom is 0.263 e. The third kappa shape index (κ3) is 3.23. The van der Waals surface area contributed by atoms with Crippen LogP contribution in [0.2, 0.25) is 5.02 Å². The largest absolute Gasteiger partial charge is 0.496 e. The van der Waals surface area contributed by atoms with Crippen LogP contribution in [0, 0.1) is 6.92 Å². The standard InChI is InChI=1S/C19H17ClN2O3/c1-12-17(19(23)22(2)14-10-8-13(20)9-11-14)18(21-25-12)15-6-4-5-7-16(15)24-3/h4-11H,1-3H3. The number of hydrogen-bond donors (Lipinski definition) is 0. The molecule has 3 rings (SSSR count). The Balaban J connectivity index is 2.04. The van der Waals surface area contributed by atoms with Crippen molar-refractivity contribution in [3.05, 3.63) is 64.9 Å². The predicted octanol–water partition coefficient (Wildman–Crippen LogP) is 4.59. The normalized spacial score (nSPS) is 10.6. The molecule has 3 aromatic rings. The molecule has 0 aliphatic heterocycles. The van der Waals surface area contributed by atoms with Crippen LogP contribution in [0.25, 0.3) is 11.3 Å². The van der Waals surface area contributed by atoms with E-state index in [1.807, 2.05) is 24.3 Å². The minimum Gasteiger partial charge on any atom is -0.496 e. The van der Waals surface area contributed by atoms with E-state index in [4.69, 9.17) is 20.9 Å². The fourth-order valence-electron chi connectivity index (χ4n) is 2.60. The Labute approximate surface area is 150 Å². The molecule has 0 fully saturated rings. The summed E-state index contributed by atoms with van der Waals surface area (Å²) in [4.78, 5) is 14.6. The van der Waals surface area contributed by atoms with Gasteiger partial charge in [-0.1, -0.05) is 28.9 Å². The van der Waals surface area contributed by atoms with Gasteiger partial charge in [0.2, 0.25) is 0 Å². The van der Waals surface area contributed by atoms with Crippen molar-refractivity contribution < 1.29 is 14.1 Å². The van der Waals surface area contributed by atoms with E-state index in [1.165, 1.54) is 4.90 Å². The topological polar surface area (TPSA) is 55.6 Å². The van der Waals surface area contributed by atoms with Crippen molar-refractivity contribution in [2.45, 2.75) is 6.92 Å². The number of hydrogen-bond acceptors (Lipinski definition) is 4. The maximum atomic E-state index is 13.1. The Bertz CT molecular complexity index is 903. The van der Waals surface area contributed by atoms with Crippen LogP contribution in [0.1, 0.15) is 16.1 Å². The lowest BCUT2D eigenvalue weighted by atomic mass is 10.0. The second kappa shape index (κ2) is 6.99. The maximum absolute atomic E-state index is 13.1. The molecule has 5 nitrogen and oxygen atoms in total. The minimum atomic E-state index is -0.220. The van der Waals surface area contributed by atoms with Gasteiger partial charge in [0, 0.05) is 23.3 Å². The second-order valence-corrected chi connectivity index (χ2v) is 5.94. The molecule has 25 heavy (non-hydrogen) atoms. The number of para-hydroxylation sites is 1. The molecule has 0 bridgehead atoms. The molecule has 0 atom stereocenters. The van der Waals surface area contributed by atoms with Crippen LogP contribution in [-0.2, 0) is 0 Å². The van der Waals surface area contributed by atoms with E-state index in [-0.39, 0.29) is 5.91 Å². The van der Waals surface area contributed by atoms with E-state index in [1.54, 1.807) is 45.3 Å². The molecule has 2 aromatic carbocycles. The second-order valence-electron chi connectivity index (χ2n) is 5.50. The van der Waals surface area contributed by atoms with E-state index < -0.39 is 0 Å². The number of nitrogens with zero attached hydrogens (tertiary/aromatic N) is 2. The average molecular weight is 357 g/mol. The highest BCUT2D eigenvalue weighted by Gasteiger charge is 2.26. The first-order valence-corrected chi connectivity index (χ1v) is 8.04. The lowest BCUT2D eigenvalue weighted by Gasteiger charge is -2.17. The van der Waals surface area contributed by atoms with Gasteiger partial charge in [-0.25, -0.2) is 0 Å². The van der Waals surface area contributed by atoms with Crippen molar-refractivity contribution in [2.24, 2.45) is 0 Å². The van der Waals surface area contributed by atoms with Gasteiger partial charge in [-0.15, -0.1) is 0 Å². The van der Waals surface area contributed by atoms with Crippen molar-refractivity contribution in [3.63, 3.8) is 0 Å². The zero-order valence-corrected chi connectivity index (χ0v) is 14.9. The summed E-state index contributed by atoms with van der Waals surface area (Å²) in [5, 5.41) is 4.69. The van der Waals surface area contributed by atoms with Gasteiger partial charge in [0.05, 0.1) is 7.11 Å². The quantitative estimate of drug-likeness (QED) is 0.686. The molecule has 6 heteroatoms. The fourth-order valence-corrected chi connectivity index (χ4v) is 2.72. The number of ether oxygens (including phenoxy) is 1. The van der Waals surface area contributed by atoms with E-state index in [0.29, 0.717) is 33.4 Å². The van der Waals surface area contributed by atoms with Crippen LogP contribution in [0.4, 0.5) is 5.69 Å². The van der Waals surface area contributed by atoms with Crippen LogP contribution in [-0.4, -0.2) is 25.2 Å². The lowest BCUT2D eigenvalue weighted by molar-refractivity contribution is 0.0992. The summed E-state index contributed by atoms with van der Waals surface area (Å²) < 4.78 is 10.7. The van der Waals surface area contributed by atoms with Gasteiger partial charge in [-0.3, -0.25) is 4.79 Å². The van der Waals surface area contributed by atoms with Gasteiger partial charge in [-0.2, -0.15) is 0 Å². The number of carbonyl (C=O) groups is 1. The first-order valence-electron chi connectivity index (χ1n) is 7.66. The van der Waals surface area contributed by atoms with Crippen molar-refractivity contribution in [1.29, 1.82) is 0 Å². The number of rotatable bonds is 4. The molecular weight excluding hydrogens is 340 g/mol. The minimum absolute atomic E-state index is 0.220. The number of anilines is 1. The van der Waals surface area contributed by atoms with E-state index in [0.717, 1.165) is 5.69 Å². The molecule has 1 aromatic heterocycles. The van der Waals surface area contributed by atoms with Crippen molar-refractivity contribution in [3.8, 4) is 17.0 Å². The summed E-state index contributed by atoms with van der Waals surface area (Å²) in [6, 6.07) is 14.4. The van der Waals surface area contributed by atoms with Gasteiger partial charge in [0.15, 0.2) is 0 Å². The molecule has 0 aliphatic carbocycles. The monoisotopic (exact) mass is 356 g/mol. The van der Waals surface area contributed by atoms with Crippen LogP contribution in [0.3, 0.4) is 0 Å². The first-order chi connectivity index (χ1) is 12.0. The third-order valence-electron chi connectivity index (χ3n) is 3.96. The van der Waals surface area contributed by atoms with Gasteiger partial charge in [0.25, 0.3) is 5.91 Å². The molecule has 0 saturated carbocycles. The zero-order chi connectivity index (χ0) is 18.0. The number of methoxy groups -OCH3 is 1. The number of benzene rings is 2. The van der Waals surface area contributed by atoms with Gasteiger partial charge in [0.1, 0.15) is 22.8 Å². The van der Waals surface area contributed by atoms with Crippen molar-refractivity contribution >= 4 is 23.2 Å². The van der Waals surface area contributed by atoms with Crippen molar-refractivity contribution in [1.82, 2.24) is 5.16 Å². The Morgan fingerprint density at radius 2 is 1.84 bits per heavy atom. The summed E-state index contributed by atoms with van der Waals surface area (Å²) in [5.74, 6) is 0.854. The van der Waals surface area contributed by atoms with Gasteiger partial charge in [-0.05, 0) is 43.3 Å². The third-order valence-corrected chi connectivity index (χ3v) is 4.21. The molecule has 1 heterocycles. The Morgan fingerprint density at radius 3 is 2.52 bits per heavy atom. The smallest absolute Gasteiger partial charge is 0.263 e. The van der Waals surface area contributed by atoms with Gasteiger partial charge >= 0.3 is 0 Å². The number of carbonyl (C=O) groups excluding carboxylic acids is 1. The first kappa shape index (κ1) is 17.0. The van der Waals surface area contributed by atoms with Crippen LogP contribution in [0.15, 0.2) is 53.1 Å². The van der Waals surface area contributed by atoms with Crippen LogP contribution < -0.4 is 9.64 Å². The molecule has 0 spiro atoms. The van der Waals surface area contributed by atoms with Gasteiger partial charge < -0.3 is 14.2 Å². The van der Waals surface area contributed by atoms with Crippen LogP contribution >= 0.6 is 11.6 Å². The number of aromatic nitrogens is 1. The SMILES string of the molecule is COc1ccccc1-c1noc(C)c1C(=O)N(C)c1ccc(Cl)cc1. The molecule has 0 saturated heterocycles. The summed E-state index contributed by atoms with van der Waals surface area (Å²) in [6.07, 6.45) is 0. The number of halogens is 1. The highest BCUT2D eigenvalue weighted by Crippen LogP contribution is 2.33. The molecule has 0 N–H and O–H groups in total. The Morgan fingerprint density at radius 1 is 1.16 bits per heavy atom. The van der Waals surface area contributed by atoms with E-state index in [9.17, 15) is 4.79 Å². The lowest BCUT2D eigenvalue weighted by Crippen LogP contribution is -2.27. The summed E-state index contributed by atoms with van der Waals surface area (Å²) in [5.41, 5.74) is 2.29. The molecule has 0 aliphatic rings. The van der Waals surface area contributed by atoms with Crippen molar-refractivity contribution in [2.75, 3.05) is 19.1 Å². The average Bonchev–Trinajstić information content (AvgIpc) is 3.02. The Hall–Kier alpha value is -2.79. The highest BCUT2D eigenvalue weighted by atomic mass is 35.5. The zero-order valence-electron chi connectivity index (χ0n) is 14.1. The summed E-state index contributed by atoms with van der Waals surface area (Å²) >= 11 is 5.92. The van der Waals surface area contributed by atoms with E-state index in [2.05, 4.69) is 5.16 Å². The highest BCUT2D eigenvalue weighted by molar-refractivity contribution is 6.30. The molecule has 1 amide bonds. The number of aryl methyl sites for hydroxylation is 1. The molecular formula is C19H17ClN2O3. The molecule has 0 radical (unpaired) electrons. The number of amides is 1.